The predicted octanol–water partition coefficient (Wildman–Crippen LogP) is 7.33. The molecule has 0 amide bonds. The van der Waals surface area contributed by atoms with Crippen LogP contribution >= 0.6 is 0 Å². The van der Waals surface area contributed by atoms with Crippen molar-refractivity contribution in [1.82, 2.24) is 0 Å². The molecule has 0 heteroatoms. The normalized spacial score (nSPS) is 16.7. The van der Waals surface area contributed by atoms with Crippen LogP contribution in [0.4, 0.5) is 0 Å². The molecule has 0 saturated heterocycles. The van der Waals surface area contributed by atoms with Crippen LogP contribution in [0.3, 0.4) is 0 Å². The van der Waals surface area contributed by atoms with Gasteiger partial charge in [-0.3, -0.25) is 0 Å². The fourth-order valence-electron chi connectivity index (χ4n) is 4.90. The van der Waals surface area contributed by atoms with E-state index in [9.17, 15) is 0 Å². The van der Waals surface area contributed by atoms with Crippen LogP contribution in [0.2, 0.25) is 0 Å². The molecule has 0 radical (unpaired) electrons. The third kappa shape index (κ3) is 2.02. The molecular formula is C26H28. The number of benzene rings is 3. The van der Waals surface area contributed by atoms with Gasteiger partial charge in [0.25, 0.3) is 0 Å². The quantitative estimate of drug-likeness (QED) is 0.402. The lowest BCUT2D eigenvalue weighted by molar-refractivity contribution is 0.639. The van der Waals surface area contributed by atoms with Gasteiger partial charge in [0, 0.05) is 10.8 Å². The van der Waals surface area contributed by atoms with E-state index in [0.29, 0.717) is 0 Å². The lowest BCUT2D eigenvalue weighted by Gasteiger charge is -2.25. The van der Waals surface area contributed by atoms with Crippen LogP contribution in [-0.4, -0.2) is 0 Å². The lowest BCUT2D eigenvalue weighted by atomic mass is 9.78. The summed E-state index contributed by atoms with van der Waals surface area (Å²) in [7, 11) is 0. The van der Waals surface area contributed by atoms with Crippen LogP contribution in [0.25, 0.3) is 22.3 Å². The highest BCUT2D eigenvalue weighted by molar-refractivity contribution is 5.89. The Morgan fingerprint density at radius 1 is 0.462 bits per heavy atom. The summed E-state index contributed by atoms with van der Waals surface area (Å²) < 4.78 is 0. The molecule has 2 aliphatic carbocycles. The largest absolute Gasteiger partial charge is 0.0683 e. The van der Waals surface area contributed by atoms with E-state index < -0.39 is 0 Å². The van der Waals surface area contributed by atoms with Crippen LogP contribution in [0.5, 0.6) is 0 Å². The van der Waals surface area contributed by atoms with Gasteiger partial charge in [0.05, 0.1) is 0 Å². The minimum absolute atomic E-state index is 0.0752. The minimum atomic E-state index is 0.0752. The highest BCUT2D eigenvalue weighted by atomic mass is 14.4. The van der Waals surface area contributed by atoms with Gasteiger partial charge in [0.1, 0.15) is 0 Å². The number of hydrogen-bond acceptors (Lipinski definition) is 0. The first-order valence-corrected chi connectivity index (χ1v) is 9.81. The fourth-order valence-corrected chi connectivity index (χ4v) is 4.90. The molecule has 0 nitrogen and oxygen atoms in total. The molecule has 0 aromatic heterocycles. The van der Waals surface area contributed by atoms with Crippen LogP contribution in [0.15, 0.2) is 60.7 Å². The van der Waals surface area contributed by atoms with E-state index in [-0.39, 0.29) is 10.8 Å². The molecular weight excluding hydrogens is 312 g/mol. The topological polar surface area (TPSA) is 0 Å². The molecule has 0 aliphatic heterocycles. The standard InChI is InChI=1S/C24H22.C2H6/c1-23(2)19-11-7-5-9-15(19)17-13-18-16-10-6-8-12-20(16)24(3,4)22(18)14-21(17)23;1-2/h5-14H,1-4H3;1-2H3. The summed E-state index contributed by atoms with van der Waals surface area (Å²) in [6.07, 6.45) is 0. The highest BCUT2D eigenvalue weighted by Gasteiger charge is 2.41. The van der Waals surface area contributed by atoms with E-state index in [1.807, 2.05) is 13.8 Å². The summed E-state index contributed by atoms with van der Waals surface area (Å²) in [6.45, 7) is 13.4. The molecule has 0 bridgehead atoms. The van der Waals surface area contributed by atoms with Gasteiger partial charge in [0.2, 0.25) is 0 Å². The first kappa shape index (κ1) is 17.1. The van der Waals surface area contributed by atoms with E-state index in [1.165, 1.54) is 44.5 Å². The van der Waals surface area contributed by atoms with Crippen LogP contribution in [0.1, 0.15) is 63.8 Å². The van der Waals surface area contributed by atoms with Crippen LogP contribution < -0.4 is 0 Å². The summed E-state index contributed by atoms with van der Waals surface area (Å²) in [5.74, 6) is 0. The van der Waals surface area contributed by atoms with Crippen molar-refractivity contribution in [2.45, 2.75) is 52.4 Å². The van der Waals surface area contributed by atoms with Gasteiger partial charge in [-0.25, -0.2) is 0 Å². The molecule has 2 aliphatic rings. The van der Waals surface area contributed by atoms with Crippen molar-refractivity contribution in [2.24, 2.45) is 0 Å². The maximum atomic E-state index is 2.49. The van der Waals surface area contributed by atoms with Gasteiger partial charge in [0.15, 0.2) is 0 Å². The maximum Gasteiger partial charge on any atom is 0.0158 e. The van der Waals surface area contributed by atoms with Crippen molar-refractivity contribution < 1.29 is 0 Å². The Hall–Kier alpha value is -2.34. The molecule has 26 heavy (non-hydrogen) atoms. The summed E-state index contributed by atoms with van der Waals surface area (Å²) in [6, 6.07) is 22.7. The van der Waals surface area contributed by atoms with Gasteiger partial charge in [-0.15, -0.1) is 0 Å². The number of rotatable bonds is 0. The van der Waals surface area contributed by atoms with Gasteiger partial charge >= 0.3 is 0 Å². The predicted molar refractivity (Wildman–Crippen MR) is 113 cm³/mol. The van der Waals surface area contributed by atoms with Gasteiger partial charge < -0.3 is 0 Å². The van der Waals surface area contributed by atoms with E-state index in [0.717, 1.165) is 0 Å². The summed E-state index contributed by atoms with van der Waals surface area (Å²) in [5, 5.41) is 0. The average Bonchev–Trinajstić information content (AvgIpc) is 3.03. The third-order valence-electron chi connectivity index (χ3n) is 6.29. The molecule has 132 valence electrons. The molecule has 0 unspecified atom stereocenters. The van der Waals surface area contributed by atoms with Crippen molar-refractivity contribution in [3.63, 3.8) is 0 Å². The van der Waals surface area contributed by atoms with E-state index in [1.54, 1.807) is 0 Å². The summed E-state index contributed by atoms with van der Waals surface area (Å²) in [4.78, 5) is 0. The second kappa shape index (κ2) is 5.58. The zero-order valence-electron chi connectivity index (χ0n) is 16.8. The zero-order valence-corrected chi connectivity index (χ0v) is 16.8. The summed E-state index contributed by atoms with van der Waals surface area (Å²) >= 11 is 0. The molecule has 0 fully saturated rings. The van der Waals surface area contributed by atoms with Gasteiger partial charge in [-0.05, 0) is 50.6 Å². The molecule has 3 aromatic carbocycles. The summed E-state index contributed by atoms with van der Waals surface area (Å²) in [5.41, 5.74) is 11.7. The van der Waals surface area contributed by atoms with Gasteiger partial charge in [-0.1, -0.05) is 96.1 Å². The first-order chi connectivity index (χ1) is 12.4. The van der Waals surface area contributed by atoms with Crippen molar-refractivity contribution in [3.05, 3.63) is 82.9 Å². The van der Waals surface area contributed by atoms with Crippen molar-refractivity contribution in [2.75, 3.05) is 0 Å². The van der Waals surface area contributed by atoms with Crippen molar-refractivity contribution >= 4 is 0 Å². The zero-order chi connectivity index (χ0) is 18.7. The smallest absolute Gasteiger partial charge is 0.0158 e. The Balaban J connectivity index is 0.000000814. The Morgan fingerprint density at radius 2 is 0.846 bits per heavy atom. The van der Waals surface area contributed by atoms with Crippen molar-refractivity contribution in [1.29, 1.82) is 0 Å². The van der Waals surface area contributed by atoms with Crippen LogP contribution in [0, 0.1) is 0 Å². The molecule has 0 spiro atoms. The molecule has 0 saturated carbocycles. The Labute approximate surface area is 157 Å². The molecule has 0 heterocycles. The van der Waals surface area contributed by atoms with Gasteiger partial charge in [-0.2, -0.15) is 0 Å². The molecule has 5 rings (SSSR count). The number of fused-ring (bicyclic) bond motifs is 6. The lowest BCUT2D eigenvalue weighted by Crippen LogP contribution is -2.18. The molecule has 0 atom stereocenters. The van der Waals surface area contributed by atoms with Crippen molar-refractivity contribution in [3.8, 4) is 22.3 Å². The molecule has 0 N–H and O–H groups in total. The average molecular weight is 341 g/mol. The monoisotopic (exact) mass is 340 g/mol. The minimum Gasteiger partial charge on any atom is -0.0683 e. The second-order valence-electron chi connectivity index (χ2n) is 8.28. The highest BCUT2D eigenvalue weighted by Crippen LogP contribution is 2.55. The fraction of sp³-hybridized carbons (Fsp3) is 0.308. The Kier molecular flexibility index (Phi) is 3.67. The maximum absolute atomic E-state index is 2.49. The third-order valence-corrected chi connectivity index (χ3v) is 6.29. The van der Waals surface area contributed by atoms with E-state index in [2.05, 4.69) is 88.4 Å². The SMILES string of the molecule is CC.CC1(C)c2ccccc2-c2cc3c(cc21)C(C)(C)c1ccccc1-3. The number of hydrogen-bond donors (Lipinski definition) is 0. The Morgan fingerprint density at radius 3 is 1.27 bits per heavy atom. The van der Waals surface area contributed by atoms with E-state index in [4.69, 9.17) is 0 Å². The van der Waals surface area contributed by atoms with Crippen LogP contribution in [-0.2, 0) is 10.8 Å². The first-order valence-electron chi connectivity index (χ1n) is 9.81. The second-order valence-corrected chi connectivity index (χ2v) is 8.28. The Bertz CT molecular complexity index is 924. The van der Waals surface area contributed by atoms with E-state index >= 15 is 0 Å². The molecule has 3 aromatic rings.